The summed E-state index contributed by atoms with van der Waals surface area (Å²) in [5.74, 6) is -1.45. The van der Waals surface area contributed by atoms with E-state index in [2.05, 4.69) is 5.32 Å². The molecule has 0 unspecified atom stereocenters. The highest BCUT2D eigenvalue weighted by Gasteiger charge is 2.18. The van der Waals surface area contributed by atoms with Crippen molar-refractivity contribution in [3.63, 3.8) is 0 Å². The number of carbonyl (C=O) groups excluding carboxylic acids is 2. The number of amides is 1. The number of ether oxygens (including phenoxy) is 2. The molecule has 0 aromatic heterocycles. The number of esters is 1. The monoisotopic (exact) mass is 345 g/mol. The van der Waals surface area contributed by atoms with Crippen molar-refractivity contribution in [2.45, 2.75) is 26.0 Å². The van der Waals surface area contributed by atoms with E-state index in [-0.39, 0.29) is 12.2 Å². The van der Waals surface area contributed by atoms with Gasteiger partial charge in [0.05, 0.1) is 13.5 Å². The first-order valence-corrected chi connectivity index (χ1v) is 7.83. The Bertz CT molecular complexity index is 733. The first-order chi connectivity index (χ1) is 12.0. The van der Waals surface area contributed by atoms with E-state index in [1.807, 2.05) is 30.3 Å². The van der Waals surface area contributed by atoms with Crippen molar-refractivity contribution < 1.29 is 23.5 Å². The van der Waals surface area contributed by atoms with Gasteiger partial charge in [-0.1, -0.05) is 36.4 Å². The molecule has 2 rings (SSSR count). The molecule has 0 saturated heterocycles. The van der Waals surface area contributed by atoms with E-state index in [9.17, 15) is 14.0 Å². The van der Waals surface area contributed by atoms with E-state index in [1.54, 1.807) is 6.07 Å². The lowest BCUT2D eigenvalue weighted by atomic mass is 10.1. The molecule has 1 N–H and O–H groups in total. The van der Waals surface area contributed by atoms with E-state index in [1.165, 1.54) is 26.2 Å². The summed E-state index contributed by atoms with van der Waals surface area (Å²) in [6.07, 6.45) is -1.06. The molecular formula is C19H20FNO4. The molecule has 132 valence electrons. The van der Waals surface area contributed by atoms with E-state index in [0.717, 1.165) is 5.56 Å². The molecule has 0 fully saturated rings. The highest BCUT2D eigenvalue weighted by molar-refractivity contribution is 5.83. The third-order valence-electron chi connectivity index (χ3n) is 3.55. The fourth-order valence-corrected chi connectivity index (χ4v) is 2.21. The SMILES string of the molecule is COc1ccc(CC(=O)O[C@@H](C)C(=O)NCc2ccccc2)cc1F. The van der Waals surface area contributed by atoms with Crippen LogP contribution in [-0.4, -0.2) is 25.1 Å². The van der Waals surface area contributed by atoms with Gasteiger partial charge in [-0.05, 0) is 30.2 Å². The highest BCUT2D eigenvalue weighted by atomic mass is 19.1. The second-order valence-electron chi connectivity index (χ2n) is 5.48. The summed E-state index contributed by atoms with van der Waals surface area (Å²) >= 11 is 0. The Morgan fingerprint density at radius 2 is 1.84 bits per heavy atom. The zero-order valence-corrected chi connectivity index (χ0v) is 14.1. The number of hydrogen-bond donors (Lipinski definition) is 1. The smallest absolute Gasteiger partial charge is 0.311 e. The normalized spacial score (nSPS) is 11.5. The third kappa shape index (κ3) is 5.60. The van der Waals surface area contributed by atoms with E-state index in [4.69, 9.17) is 9.47 Å². The molecule has 25 heavy (non-hydrogen) atoms. The molecule has 0 aliphatic heterocycles. The summed E-state index contributed by atoms with van der Waals surface area (Å²) in [5.41, 5.74) is 1.39. The second kappa shape index (κ2) is 8.82. The first kappa shape index (κ1) is 18.4. The van der Waals surface area contributed by atoms with Crippen molar-refractivity contribution >= 4 is 11.9 Å². The minimum atomic E-state index is -0.931. The second-order valence-corrected chi connectivity index (χ2v) is 5.48. The molecule has 2 aromatic rings. The Labute approximate surface area is 145 Å². The molecule has 1 amide bonds. The zero-order chi connectivity index (χ0) is 18.2. The minimum absolute atomic E-state index is 0.103. The van der Waals surface area contributed by atoms with Gasteiger partial charge in [0.2, 0.25) is 0 Å². The van der Waals surface area contributed by atoms with Crippen LogP contribution < -0.4 is 10.1 Å². The van der Waals surface area contributed by atoms with Gasteiger partial charge in [0.15, 0.2) is 17.7 Å². The average Bonchev–Trinajstić information content (AvgIpc) is 2.60. The van der Waals surface area contributed by atoms with Crippen LogP contribution in [0.25, 0.3) is 0 Å². The number of nitrogens with one attached hydrogen (secondary N) is 1. The standard InChI is InChI=1S/C19H20FNO4/c1-13(19(23)21-12-14-6-4-3-5-7-14)25-18(22)11-15-8-9-17(24-2)16(20)10-15/h3-10,13H,11-12H2,1-2H3,(H,21,23)/t13-/m0/s1. The van der Waals surface area contributed by atoms with Gasteiger partial charge in [-0.25, -0.2) is 4.39 Å². The predicted octanol–water partition coefficient (Wildman–Crippen LogP) is 2.62. The van der Waals surface area contributed by atoms with Crippen molar-refractivity contribution in [3.05, 3.63) is 65.5 Å². The summed E-state index contributed by atoms with van der Waals surface area (Å²) in [7, 11) is 1.36. The fourth-order valence-electron chi connectivity index (χ4n) is 2.21. The maximum Gasteiger partial charge on any atom is 0.311 e. The number of carbonyl (C=O) groups is 2. The van der Waals surface area contributed by atoms with E-state index in [0.29, 0.717) is 12.1 Å². The number of halogens is 1. The number of methoxy groups -OCH3 is 1. The van der Waals surface area contributed by atoms with Crippen LogP contribution in [0.4, 0.5) is 4.39 Å². The molecule has 6 heteroatoms. The average molecular weight is 345 g/mol. The molecule has 0 saturated carbocycles. The summed E-state index contributed by atoms with van der Waals surface area (Å²) in [4.78, 5) is 23.9. The van der Waals surface area contributed by atoms with Gasteiger partial charge < -0.3 is 14.8 Å². The number of rotatable bonds is 7. The molecule has 0 radical (unpaired) electrons. The number of hydrogen-bond acceptors (Lipinski definition) is 4. The van der Waals surface area contributed by atoms with Gasteiger partial charge >= 0.3 is 5.97 Å². The van der Waals surface area contributed by atoms with Gasteiger partial charge in [-0.3, -0.25) is 9.59 Å². The Balaban J connectivity index is 1.82. The van der Waals surface area contributed by atoms with Crippen LogP contribution in [0, 0.1) is 5.82 Å². The Morgan fingerprint density at radius 3 is 2.48 bits per heavy atom. The molecule has 5 nitrogen and oxygen atoms in total. The maximum absolute atomic E-state index is 13.6. The van der Waals surface area contributed by atoms with Gasteiger partial charge in [-0.15, -0.1) is 0 Å². The van der Waals surface area contributed by atoms with Crippen LogP contribution in [0.3, 0.4) is 0 Å². The molecule has 0 spiro atoms. The van der Waals surface area contributed by atoms with Crippen LogP contribution in [0.1, 0.15) is 18.1 Å². The molecule has 0 heterocycles. The van der Waals surface area contributed by atoms with Crippen LogP contribution in [0.5, 0.6) is 5.75 Å². The van der Waals surface area contributed by atoms with E-state index >= 15 is 0 Å². The number of benzene rings is 2. The fraction of sp³-hybridized carbons (Fsp3) is 0.263. The Kier molecular flexibility index (Phi) is 6.51. The van der Waals surface area contributed by atoms with Gasteiger partial charge in [-0.2, -0.15) is 0 Å². The van der Waals surface area contributed by atoms with Crippen molar-refractivity contribution in [2.75, 3.05) is 7.11 Å². The molecule has 2 aromatic carbocycles. The minimum Gasteiger partial charge on any atom is -0.494 e. The third-order valence-corrected chi connectivity index (χ3v) is 3.55. The van der Waals surface area contributed by atoms with Crippen molar-refractivity contribution in [2.24, 2.45) is 0 Å². The largest absolute Gasteiger partial charge is 0.494 e. The molecule has 0 aliphatic rings. The predicted molar refractivity (Wildman–Crippen MR) is 90.5 cm³/mol. The lowest BCUT2D eigenvalue weighted by Gasteiger charge is -2.14. The molecule has 1 atom stereocenters. The quantitative estimate of drug-likeness (QED) is 0.784. The molecule has 0 bridgehead atoms. The zero-order valence-electron chi connectivity index (χ0n) is 14.1. The lowest BCUT2D eigenvalue weighted by molar-refractivity contribution is -0.154. The summed E-state index contributed by atoms with van der Waals surface area (Å²) in [5, 5.41) is 2.70. The first-order valence-electron chi connectivity index (χ1n) is 7.83. The summed E-state index contributed by atoms with van der Waals surface area (Å²) in [6.45, 7) is 1.85. The highest BCUT2D eigenvalue weighted by Crippen LogP contribution is 2.18. The lowest BCUT2D eigenvalue weighted by Crippen LogP contribution is -2.35. The van der Waals surface area contributed by atoms with Gasteiger partial charge in [0.1, 0.15) is 0 Å². The van der Waals surface area contributed by atoms with Gasteiger partial charge in [0, 0.05) is 6.54 Å². The van der Waals surface area contributed by atoms with Crippen LogP contribution in [0.2, 0.25) is 0 Å². The van der Waals surface area contributed by atoms with Crippen molar-refractivity contribution in [1.29, 1.82) is 0 Å². The molecule has 0 aliphatic carbocycles. The van der Waals surface area contributed by atoms with Gasteiger partial charge in [0.25, 0.3) is 5.91 Å². The Hall–Kier alpha value is -2.89. The van der Waals surface area contributed by atoms with E-state index < -0.39 is 23.8 Å². The molecular weight excluding hydrogens is 325 g/mol. The summed E-state index contributed by atoms with van der Waals surface area (Å²) in [6, 6.07) is 13.6. The van der Waals surface area contributed by atoms with Crippen molar-refractivity contribution in [1.82, 2.24) is 5.32 Å². The topological polar surface area (TPSA) is 64.6 Å². The Morgan fingerprint density at radius 1 is 1.12 bits per heavy atom. The summed E-state index contributed by atoms with van der Waals surface area (Å²) < 4.78 is 23.5. The van der Waals surface area contributed by atoms with Crippen LogP contribution >= 0.6 is 0 Å². The van der Waals surface area contributed by atoms with Crippen molar-refractivity contribution in [3.8, 4) is 5.75 Å². The van der Waals surface area contributed by atoms with Crippen LogP contribution in [-0.2, 0) is 27.3 Å². The van der Waals surface area contributed by atoms with Crippen LogP contribution in [0.15, 0.2) is 48.5 Å². The maximum atomic E-state index is 13.6.